The van der Waals surface area contributed by atoms with Crippen molar-refractivity contribution < 1.29 is 24.3 Å². The van der Waals surface area contributed by atoms with Gasteiger partial charge < -0.3 is 19.8 Å². The van der Waals surface area contributed by atoms with Gasteiger partial charge in [0.25, 0.3) is 11.8 Å². The van der Waals surface area contributed by atoms with E-state index in [0.29, 0.717) is 23.7 Å². The fourth-order valence-corrected chi connectivity index (χ4v) is 6.50. The summed E-state index contributed by atoms with van der Waals surface area (Å²) in [6.07, 6.45) is 8.38. The van der Waals surface area contributed by atoms with Crippen LogP contribution in [0.5, 0.6) is 0 Å². The van der Waals surface area contributed by atoms with Crippen LogP contribution in [0.2, 0.25) is 0 Å². The molecule has 0 saturated carbocycles. The zero-order valence-corrected chi connectivity index (χ0v) is 27.3. The molecule has 1 aromatic rings. The van der Waals surface area contributed by atoms with E-state index in [9.17, 15) is 19.5 Å². The normalized spacial score (nSPS) is 25.3. The van der Waals surface area contributed by atoms with Gasteiger partial charge in [-0.2, -0.15) is 5.06 Å². The highest BCUT2D eigenvalue weighted by Crippen LogP contribution is 2.36. The number of carbonyl (C=O) groups is 3. The maximum absolute atomic E-state index is 14.2. The molecular formula is C31H48N6O5S. The highest BCUT2D eigenvalue weighted by molar-refractivity contribution is 7.98. The Balaban J connectivity index is 1.66. The molecule has 1 N–H and O–H groups in total. The van der Waals surface area contributed by atoms with Crippen LogP contribution in [0.4, 0.5) is 0 Å². The van der Waals surface area contributed by atoms with Crippen LogP contribution < -0.4 is 0 Å². The predicted molar refractivity (Wildman–Crippen MR) is 165 cm³/mol. The number of amides is 3. The molecule has 4 heterocycles. The Morgan fingerprint density at radius 1 is 1.21 bits per heavy atom. The van der Waals surface area contributed by atoms with Crippen LogP contribution in [0.1, 0.15) is 72.4 Å². The molecule has 0 radical (unpaired) electrons. The molecule has 1 aromatic heterocycles. The lowest BCUT2D eigenvalue weighted by Crippen LogP contribution is -2.74. The van der Waals surface area contributed by atoms with E-state index >= 15 is 0 Å². The van der Waals surface area contributed by atoms with E-state index in [1.807, 2.05) is 25.0 Å². The van der Waals surface area contributed by atoms with E-state index in [1.165, 1.54) is 22.9 Å². The molecule has 3 aliphatic rings. The first kappa shape index (κ1) is 33.4. The summed E-state index contributed by atoms with van der Waals surface area (Å²) in [7, 11) is 0. The summed E-state index contributed by atoms with van der Waals surface area (Å²) in [5, 5.41) is 11.1. The summed E-state index contributed by atoms with van der Waals surface area (Å²) in [5.41, 5.74) is 0.359. The smallest absolute Gasteiger partial charge is 0.272 e. The van der Waals surface area contributed by atoms with Crippen molar-refractivity contribution in [3.8, 4) is 0 Å². The maximum Gasteiger partial charge on any atom is 0.272 e. The van der Waals surface area contributed by atoms with Crippen molar-refractivity contribution in [3.63, 3.8) is 0 Å². The van der Waals surface area contributed by atoms with Gasteiger partial charge in [-0.25, -0.2) is 9.97 Å². The Kier molecular flexibility index (Phi) is 11.2. The second-order valence-electron chi connectivity index (χ2n) is 13.4. The monoisotopic (exact) mass is 616 g/mol. The summed E-state index contributed by atoms with van der Waals surface area (Å²) in [6, 6.07) is 1.01. The number of fused-ring (bicyclic) bond motifs is 1. The fourth-order valence-electron chi connectivity index (χ4n) is 6.14. The SMILES string of the molecule is CSc1nccc(/C=C/C(=O)N2O[C@H](CC(C)C)C(=O)N3[C@@H]2CN([C@H]2CCN(CCCCO)C2)C(=O)[C@@H]3CC(C)(C)C)n1. The first-order chi connectivity index (χ1) is 20.4. The van der Waals surface area contributed by atoms with Gasteiger partial charge in [0.1, 0.15) is 6.04 Å². The van der Waals surface area contributed by atoms with Gasteiger partial charge in [0.2, 0.25) is 5.91 Å². The fraction of sp³-hybridized carbons (Fsp3) is 0.710. The Morgan fingerprint density at radius 3 is 2.65 bits per heavy atom. The number of hydroxylamine groups is 2. The Hall–Kier alpha value is -2.54. The largest absolute Gasteiger partial charge is 0.396 e. The lowest BCUT2D eigenvalue weighted by atomic mass is 9.85. The lowest BCUT2D eigenvalue weighted by Gasteiger charge is -2.54. The Bertz CT molecular complexity index is 1170. The van der Waals surface area contributed by atoms with E-state index < -0.39 is 24.2 Å². The summed E-state index contributed by atoms with van der Waals surface area (Å²) in [4.78, 5) is 62.8. The van der Waals surface area contributed by atoms with Crippen LogP contribution in [0.25, 0.3) is 6.08 Å². The molecule has 3 aliphatic heterocycles. The summed E-state index contributed by atoms with van der Waals surface area (Å²) in [6.45, 7) is 13.1. The topological polar surface area (TPSA) is 119 Å². The van der Waals surface area contributed by atoms with Gasteiger partial charge in [-0.15, -0.1) is 0 Å². The quantitative estimate of drug-likeness (QED) is 0.173. The molecule has 0 unspecified atom stereocenters. The van der Waals surface area contributed by atoms with Crippen LogP contribution in [-0.4, -0.2) is 116 Å². The zero-order valence-electron chi connectivity index (χ0n) is 26.4. The third-order valence-corrected chi connectivity index (χ3v) is 8.70. The van der Waals surface area contributed by atoms with Crippen LogP contribution in [0.3, 0.4) is 0 Å². The zero-order chi connectivity index (χ0) is 31.3. The van der Waals surface area contributed by atoms with E-state index in [-0.39, 0.29) is 42.3 Å². The molecule has 3 fully saturated rings. The minimum Gasteiger partial charge on any atom is -0.396 e. The van der Waals surface area contributed by atoms with Crippen molar-refractivity contribution in [2.24, 2.45) is 11.3 Å². The van der Waals surface area contributed by atoms with Crippen LogP contribution >= 0.6 is 11.8 Å². The number of aliphatic hydroxyl groups is 1. The van der Waals surface area contributed by atoms with Crippen molar-refractivity contribution in [2.45, 2.75) is 96.2 Å². The van der Waals surface area contributed by atoms with Gasteiger partial charge in [0.05, 0.1) is 12.2 Å². The number of piperazine rings is 1. The second-order valence-corrected chi connectivity index (χ2v) is 14.1. The van der Waals surface area contributed by atoms with Crippen molar-refractivity contribution in [2.75, 3.05) is 39.0 Å². The van der Waals surface area contributed by atoms with E-state index in [4.69, 9.17) is 4.84 Å². The van der Waals surface area contributed by atoms with Crippen molar-refractivity contribution in [1.29, 1.82) is 0 Å². The first-order valence-electron chi connectivity index (χ1n) is 15.4. The molecule has 3 amide bonds. The van der Waals surface area contributed by atoms with Crippen LogP contribution in [0.15, 0.2) is 23.5 Å². The number of likely N-dealkylation sites (tertiary alicyclic amines) is 1. The lowest BCUT2D eigenvalue weighted by molar-refractivity contribution is -0.275. The molecule has 3 saturated heterocycles. The summed E-state index contributed by atoms with van der Waals surface area (Å²) >= 11 is 1.42. The Labute approximate surface area is 260 Å². The molecule has 238 valence electrons. The number of aliphatic hydroxyl groups excluding tert-OH is 1. The number of hydrogen-bond donors (Lipinski definition) is 1. The third kappa shape index (κ3) is 8.34. The predicted octanol–water partition coefficient (Wildman–Crippen LogP) is 3.05. The molecular weight excluding hydrogens is 568 g/mol. The number of aromatic nitrogens is 2. The number of thioether (sulfide) groups is 1. The van der Waals surface area contributed by atoms with Gasteiger partial charge in [-0.1, -0.05) is 46.4 Å². The van der Waals surface area contributed by atoms with Gasteiger partial charge in [-0.05, 0) is 68.4 Å². The molecule has 0 spiro atoms. The van der Waals surface area contributed by atoms with E-state index in [0.717, 1.165) is 38.9 Å². The molecule has 12 heteroatoms. The number of nitrogens with zero attached hydrogens (tertiary/aromatic N) is 6. The van der Waals surface area contributed by atoms with Gasteiger partial charge in [-0.3, -0.25) is 19.2 Å². The highest BCUT2D eigenvalue weighted by atomic mass is 32.2. The van der Waals surface area contributed by atoms with Crippen molar-refractivity contribution >= 4 is 35.6 Å². The van der Waals surface area contributed by atoms with Gasteiger partial charge in [0.15, 0.2) is 17.4 Å². The molecule has 0 bridgehead atoms. The standard InChI is InChI=1S/C31H48N6O5S/c1-21(2)17-25-29(41)36-24(18-31(3,4)5)28(40)35(23-12-15-34(19-23)14-7-8-16-38)20-26(36)37(42-25)27(39)10-9-22-11-13-32-30(33-22)43-6/h9-11,13,21,23-26,38H,7-8,12,14-20H2,1-6H3/b10-9+/t23-,24-,25+,26-/m0/s1. The number of unbranched alkanes of at least 4 members (excludes halogenated alkanes) is 1. The highest BCUT2D eigenvalue weighted by Gasteiger charge is 2.54. The minimum atomic E-state index is -0.856. The van der Waals surface area contributed by atoms with Gasteiger partial charge >= 0.3 is 0 Å². The maximum atomic E-state index is 14.2. The van der Waals surface area contributed by atoms with Crippen molar-refractivity contribution in [3.05, 3.63) is 24.0 Å². The third-order valence-electron chi connectivity index (χ3n) is 8.14. The van der Waals surface area contributed by atoms with E-state index in [1.54, 1.807) is 23.2 Å². The molecule has 11 nitrogen and oxygen atoms in total. The second kappa shape index (κ2) is 14.5. The molecule has 4 rings (SSSR count). The summed E-state index contributed by atoms with van der Waals surface area (Å²) < 4.78 is 0. The van der Waals surface area contributed by atoms with E-state index in [2.05, 4.69) is 35.6 Å². The first-order valence-corrected chi connectivity index (χ1v) is 16.6. The molecule has 0 aliphatic carbocycles. The average Bonchev–Trinajstić information content (AvgIpc) is 3.42. The van der Waals surface area contributed by atoms with Crippen LogP contribution in [0, 0.1) is 11.3 Å². The molecule has 43 heavy (non-hydrogen) atoms. The summed E-state index contributed by atoms with van der Waals surface area (Å²) in [5.74, 6) is -0.536. The number of hydrogen-bond acceptors (Lipinski definition) is 9. The average molecular weight is 617 g/mol. The number of carbonyl (C=O) groups excluding carboxylic acids is 3. The number of rotatable bonds is 11. The Morgan fingerprint density at radius 2 is 1.98 bits per heavy atom. The molecule has 0 aromatic carbocycles. The minimum absolute atomic E-state index is 0.0202. The van der Waals surface area contributed by atoms with Gasteiger partial charge in [0, 0.05) is 38.0 Å². The van der Waals surface area contributed by atoms with Crippen molar-refractivity contribution in [1.82, 2.24) is 29.7 Å². The molecule has 4 atom stereocenters. The van der Waals surface area contributed by atoms with Crippen LogP contribution in [-0.2, 0) is 19.2 Å².